The van der Waals surface area contributed by atoms with Crippen LogP contribution in [0.1, 0.15) is 19.4 Å². The number of imide groups is 1. The van der Waals surface area contributed by atoms with Crippen molar-refractivity contribution in [2.24, 2.45) is 0 Å². The van der Waals surface area contributed by atoms with Crippen molar-refractivity contribution >= 4 is 56.9 Å². The predicted molar refractivity (Wildman–Crippen MR) is 106 cm³/mol. The Kier molecular flexibility index (Phi) is 7.64. The molecule has 1 saturated heterocycles. The van der Waals surface area contributed by atoms with Crippen molar-refractivity contribution in [1.82, 2.24) is 4.90 Å². The molecule has 0 saturated carbocycles. The second-order valence-corrected chi connectivity index (χ2v) is 7.44. The van der Waals surface area contributed by atoms with Crippen molar-refractivity contribution in [2.75, 3.05) is 20.3 Å². The lowest BCUT2D eigenvalue weighted by Gasteiger charge is -2.18. The molecule has 0 aliphatic carbocycles. The van der Waals surface area contributed by atoms with Gasteiger partial charge < -0.3 is 14.2 Å². The molecule has 10 heteroatoms. The fraction of sp³-hybridized carbons (Fsp3) is 0.333. The summed E-state index contributed by atoms with van der Waals surface area (Å²) in [6.45, 7) is 3.05. The largest absolute Gasteiger partial charge is 0.481 e. The summed E-state index contributed by atoms with van der Waals surface area (Å²) in [5.41, 5.74) is 0.481. The highest BCUT2D eigenvalue weighted by molar-refractivity contribution is 9.10. The van der Waals surface area contributed by atoms with Gasteiger partial charge in [0.25, 0.3) is 11.1 Å². The zero-order valence-electron chi connectivity index (χ0n) is 15.4. The van der Waals surface area contributed by atoms with Crippen molar-refractivity contribution in [3.63, 3.8) is 0 Å². The van der Waals surface area contributed by atoms with Gasteiger partial charge in [0.05, 0.1) is 18.6 Å². The second-order valence-electron chi connectivity index (χ2n) is 5.53. The molecule has 1 aromatic rings. The molecule has 8 nitrogen and oxygen atoms in total. The molecule has 1 aromatic carbocycles. The Morgan fingerprint density at radius 3 is 2.68 bits per heavy atom. The van der Waals surface area contributed by atoms with E-state index in [1.54, 1.807) is 25.1 Å². The molecule has 1 heterocycles. The first-order chi connectivity index (χ1) is 13.3. The molecule has 0 bridgehead atoms. The lowest BCUT2D eigenvalue weighted by Crippen LogP contribution is -2.42. The molecule has 1 fully saturated rings. The highest BCUT2D eigenvalue weighted by atomic mass is 79.9. The van der Waals surface area contributed by atoms with Gasteiger partial charge in [-0.1, -0.05) is 15.9 Å². The summed E-state index contributed by atoms with van der Waals surface area (Å²) in [4.78, 5) is 49.0. The maximum absolute atomic E-state index is 12.6. The number of carbonyl (C=O) groups excluding carboxylic acids is 4. The van der Waals surface area contributed by atoms with Crippen molar-refractivity contribution in [2.45, 2.75) is 19.9 Å². The van der Waals surface area contributed by atoms with Crippen molar-refractivity contribution in [3.05, 3.63) is 33.1 Å². The van der Waals surface area contributed by atoms with E-state index < -0.39 is 29.1 Å². The van der Waals surface area contributed by atoms with Gasteiger partial charge in [0.2, 0.25) is 0 Å². The first-order valence-electron chi connectivity index (χ1n) is 8.21. The van der Waals surface area contributed by atoms with Gasteiger partial charge >= 0.3 is 11.9 Å². The number of thioether (sulfide) groups is 1. The molecule has 150 valence electrons. The molecule has 28 heavy (non-hydrogen) atoms. The number of nitrogens with zero attached hydrogens (tertiary/aromatic N) is 1. The molecule has 1 atom stereocenters. The minimum absolute atomic E-state index is 0.125. The summed E-state index contributed by atoms with van der Waals surface area (Å²) in [6, 6.07) is 3.97. The lowest BCUT2D eigenvalue weighted by molar-refractivity contribution is -0.148. The Bertz CT molecular complexity index is 839. The maximum Gasteiger partial charge on any atom is 0.344 e. The lowest BCUT2D eigenvalue weighted by atomic mass is 10.1. The third kappa shape index (κ3) is 5.14. The number of halogens is 1. The Morgan fingerprint density at radius 2 is 2.04 bits per heavy atom. The van der Waals surface area contributed by atoms with E-state index in [-0.39, 0.29) is 18.1 Å². The number of rotatable bonds is 7. The van der Waals surface area contributed by atoms with Crippen LogP contribution in [0, 0.1) is 0 Å². The summed E-state index contributed by atoms with van der Waals surface area (Å²) in [5.74, 6) is -1.48. The van der Waals surface area contributed by atoms with E-state index in [2.05, 4.69) is 20.7 Å². The summed E-state index contributed by atoms with van der Waals surface area (Å²) in [5, 5.41) is -0.571. The van der Waals surface area contributed by atoms with Crippen LogP contribution in [0.4, 0.5) is 4.79 Å². The zero-order chi connectivity index (χ0) is 20.8. The van der Waals surface area contributed by atoms with Crippen LogP contribution >= 0.6 is 27.7 Å². The number of methoxy groups -OCH3 is 1. The third-order valence-corrected chi connectivity index (χ3v) is 5.04. The summed E-state index contributed by atoms with van der Waals surface area (Å²) >= 11 is 4.04. The molecular formula is C18H18BrNO7S. The number of amides is 2. The number of hydrogen-bond donors (Lipinski definition) is 0. The molecule has 0 unspecified atom stereocenters. The SMILES string of the molecule is CCOC(=O)COc1ccc(Br)cc1/C=C1/SC(=O)N([C@H](C)C(=O)OC)C1=O. The quantitative estimate of drug-likeness (QED) is 0.441. The average Bonchev–Trinajstić information content (AvgIpc) is 2.93. The standard InChI is InChI=1S/C18H18BrNO7S/c1-4-26-15(21)9-27-13-6-5-12(19)7-11(13)8-14-16(22)20(18(24)28-14)10(2)17(23)25-3/h5-8,10H,4,9H2,1-3H3/b14-8+/t10-/m1/s1. The van der Waals surface area contributed by atoms with Crippen LogP contribution in [0.25, 0.3) is 6.08 Å². The van der Waals surface area contributed by atoms with Crippen LogP contribution < -0.4 is 4.74 Å². The summed E-state index contributed by atoms with van der Waals surface area (Å²) in [6.07, 6.45) is 1.47. The Hall–Kier alpha value is -2.33. The van der Waals surface area contributed by atoms with Gasteiger partial charge in [-0.25, -0.2) is 9.59 Å². The molecule has 0 spiro atoms. The molecule has 1 aliphatic rings. The zero-order valence-corrected chi connectivity index (χ0v) is 17.8. The normalized spacial score (nSPS) is 16.3. The van der Waals surface area contributed by atoms with Gasteiger partial charge in [0.1, 0.15) is 11.8 Å². The number of ether oxygens (including phenoxy) is 3. The highest BCUT2D eigenvalue weighted by Crippen LogP contribution is 2.36. The van der Waals surface area contributed by atoms with Gasteiger partial charge in [-0.2, -0.15) is 0 Å². The van der Waals surface area contributed by atoms with Crippen molar-refractivity contribution in [3.8, 4) is 5.75 Å². The third-order valence-electron chi connectivity index (χ3n) is 3.66. The van der Waals surface area contributed by atoms with Gasteiger partial charge in [-0.15, -0.1) is 0 Å². The molecular weight excluding hydrogens is 454 g/mol. The number of carbonyl (C=O) groups is 4. The molecule has 0 N–H and O–H groups in total. The highest BCUT2D eigenvalue weighted by Gasteiger charge is 2.41. The van der Waals surface area contributed by atoms with Gasteiger partial charge in [-0.3, -0.25) is 14.5 Å². The number of hydrogen-bond acceptors (Lipinski definition) is 8. The molecule has 0 aromatic heterocycles. The number of esters is 2. The minimum atomic E-state index is -1.04. The molecule has 2 amide bonds. The Labute approximate surface area is 174 Å². The number of benzene rings is 1. The van der Waals surface area contributed by atoms with E-state index in [0.717, 1.165) is 4.90 Å². The Morgan fingerprint density at radius 1 is 1.32 bits per heavy atom. The fourth-order valence-electron chi connectivity index (χ4n) is 2.33. The van der Waals surface area contributed by atoms with Crippen LogP contribution in [-0.4, -0.2) is 54.4 Å². The smallest absolute Gasteiger partial charge is 0.344 e. The predicted octanol–water partition coefficient (Wildman–Crippen LogP) is 2.99. The molecule has 1 aliphatic heterocycles. The first kappa shape index (κ1) is 22.0. The van der Waals surface area contributed by atoms with E-state index in [1.807, 2.05) is 0 Å². The molecule has 0 radical (unpaired) electrons. The van der Waals surface area contributed by atoms with Crippen LogP contribution in [0.15, 0.2) is 27.6 Å². The topological polar surface area (TPSA) is 99.2 Å². The van der Waals surface area contributed by atoms with Crippen LogP contribution in [0.5, 0.6) is 5.75 Å². The Balaban J connectivity index is 2.28. The maximum atomic E-state index is 12.6. The van der Waals surface area contributed by atoms with Gasteiger partial charge in [0.15, 0.2) is 6.61 Å². The first-order valence-corrected chi connectivity index (χ1v) is 9.82. The van der Waals surface area contributed by atoms with Crippen molar-refractivity contribution < 1.29 is 33.4 Å². The van der Waals surface area contributed by atoms with E-state index in [1.165, 1.54) is 20.1 Å². The van der Waals surface area contributed by atoms with Crippen LogP contribution in [-0.2, 0) is 23.9 Å². The van der Waals surface area contributed by atoms with E-state index in [4.69, 9.17) is 9.47 Å². The van der Waals surface area contributed by atoms with Crippen LogP contribution in [0.2, 0.25) is 0 Å². The molecule has 2 rings (SSSR count). The van der Waals surface area contributed by atoms with E-state index in [0.29, 0.717) is 27.5 Å². The summed E-state index contributed by atoms with van der Waals surface area (Å²) < 4.78 is 15.6. The van der Waals surface area contributed by atoms with Crippen LogP contribution in [0.3, 0.4) is 0 Å². The fourth-order valence-corrected chi connectivity index (χ4v) is 3.61. The van der Waals surface area contributed by atoms with Crippen molar-refractivity contribution in [1.29, 1.82) is 0 Å². The minimum Gasteiger partial charge on any atom is -0.481 e. The van der Waals surface area contributed by atoms with Gasteiger partial charge in [0, 0.05) is 10.0 Å². The average molecular weight is 472 g/mol. The second kappa shape index (κ2) is 9.74. The van der Waals surface area contributed by atoms with Gasteiger partial charge in [-0.05, 0) is 49.9 Å². The summed E-state index contributed by atoms with van der Waals surface area (Å²) in [7, 11) is 1.18. The van der Waals surface area contributed by atoms with E-state index in [9.17, 15) is 19.2 Å². The monoisotopic (exact) mass is 471 g/mol. The van der Waals surface area contributed by atoms with E-state index >= 15 is 0 Å².